The fraction of sp³-hybridized carbons (Fsp3) is 0.969. The Balaban J connectivity index is 0.996. The third-order valence-corrected chi connectivity index (χ3v) is 21.7. The molecular formula is C64H108N2O51. The second kappa shape index (κ2) is 41.9. The van der Waals surface area contributed by atoms with E-state index in [0.717, 1.165) is 13.8 Å². The number of ether oxygens (including phenoxy) is 19. The number of aliphatic hydroxyl groups is 30. The molecule has 0 aliphatic carbocycles. The molecule has 10 fully saturated rings. The van der Waals surface area contributed by atoms with Crippen molar-refractivity contribution >= 4 is 11.8 Å². The molecule has 10 heterocycles. The van der Waals surface area contributed by atoms with E-state index in [4.69, 9.17) is 90.0 Å². The maximum absolute atomic E-state index is 13.0. The molecule has 10 aliphatic rings. The van der Waals surface area contributed by atoms with Gasteiger partial charge < -0.3 is 254 Å². The number of carbonyl (C=O) groups is 2. The van der Waals surface area contributed by atoms with Crippen molar-refractivity contribution in [3.05, 3.63) is 0 Å². The number of nitrogens with one attached hydrogen (secondary N) is 2. The van der Waals surface area contributed by atoms with Crippen LogP contribution in [0.1, 0.15) is 13.8 Å². The smallest absolute Gasteiger partial charge is 0.217 e. The topological polar surface area (TPSA) is 840 Å². The Labute approximate surface area is 660 Å². The van der Waals surface area contributed by atoms with Gasteiger partial charge in [-0.25, -0.2) is 0 Å². The SMILES string of the molecule is CC(=O)N[C@H]1[C@H](O[C@H]2[C@H](O)[C@H](NC(C)=O)C(O)O[C@@H]2CO)O[C@H](CO)[C@@H](O[C@@H]2O[C@H](CO[C@H]3O[C@H](CO[C@H]4O[C@H](CO)[C@@H](O)[C@H](O)[C@@H]4O[C@H]4O[C@H](CO)[C@@H](O)[C@H](O)[C@@H]4O)[C@@H](O)[C@H](O[C@H]4O[C@H](CO)[C@@H](O)[C@H](O)[C@@H]4O)[C@@H]3O)[C@@H](O)[C@H](O[C@H]3O[C@H](CO)[C@@H](O)[C@H](O)[C@@H]3O[C@H]3O[C@H](CO)[C@@H](O)[C@H](O)[C@@H]3O[C@H]3O[C@H](CO)[C@@H](O)[C@H](O)[C@@H]3O)[C@@H]2O)[C@@H]1O. The van der Waals surface area contributed by atoms with Gasteiger partial charge in [-0.1, -0.05) is 0 Å². The van der Waals surface area contributed by atoms with Crippen molar-refractivity contribution in [2.45, 2.75) is 321 Å². The van der Waals surface area contributed by atoms with Crippen LogP contribution in [-0.2, 0) is 99.6 Å². The van der Waals surface area contributed by atoms with Gasteiger partial charge in [0.15, 0.2) is 62.9 Å². The van der Waals surface area contributed by atoms with Crippen molar-refractivity contribution in [2.24, 2.45) is 0 Å². The van der Waals surface area contributed by atoms with E-state index in [-0.39, 0.29) is 0 Å². The molecule has 0 bridgehead atoms. The standard InChI is InChI=1S/C64H108N2O51/c1-13(75)65-25-35(85)48(21(9-73)101-55(25)98)111-56-26(66-14(2)76)36(86)49(22(10-74)108-56)112-61-47(97)51(114-63-54(42(92)32(82)19(7-71)106-63)117-64-53(41(91)31(81)20(8-72)107-64)116-60-45(95)39(89)29(79)17(5-69)104-60)34(84)24(110-61)11-99-57-46(96)50(113-58-43(93)37(87)27(77)15(3-67)102-58)33(83)23(109-57)12-100-62-52(40(90)30(80)18(6-70)105-62)115-59-44(94)38(88)28(78)16(4-68)103-59/h15-64,67-74,77-98H,3-12H2,1-2H3,(H,65,75)(H,66,76)/t15-,16-,17-,18-,19-,20-,21-,22-,23-,24-,25+,26-,27-,28-,29-,30-,31-,32-,33-,34-,35-,36-,37+,38+,39+,40+,41+,42+,43+,44+,45+,46+,47+,48-,49-,50+,51+,52+,53+,54+,55?,56+,57+,58-,59-,60-,61+,62+,63-,64-/m1/s1. The molecule has 32 N–H and O–H groups in total. The fourth-order valence-corrected chi connectivity index (χ4v) is 15.0. The number of hydrogen-bond acceptors (Lipinski definition) is 51. The van der Waals surface area contributed by atoms with Crippen molar-refractivity contribution in [1.29, 1.82) is 0 Å². The lowest BCUT2D eigenvalue weighted by molar-refractivity contribution is -0.408. The van der Waals surface area contributed by atoms with Gasteiger partial charge >= 0.3 is 0 Å². The number of carbonyl (C=O) groups excluding carboxylic acids is 2. The van der Waals surface area contributed by atoms with Gasteiger partial charge in [-0.3, -0.25) is 9.59 Å². The van der Waals surface area contributed by atoms with E-state index in [1.807, 2.05) is 0 Å². The molecule has 117 heavy (non-hydrogen) atoms. The van der Waals surface area contributed by atoms with E-state index >= 15 is 0 Å². The van der Waals surface area contributed by atoms with Gasteiger partial charge in [0.2, 0.25) is 11.8 Å². The van der Waals surface area contributed by atoms with Gasteiger partial charge in [0, 0.05) is 13.8 Å². The third-order valence-electron chi connectivity index (χ3n) is 21.7. The summed E-state index contributed by atoms with van der Waals surface area (Å²) in [7, 11) is 0. The molecule has 0 aromatic heterocycles. The maximum atomic E-state index is 13.0. The summed E-state index contributed by atoms with van der Waals surface area (Å²) < 4.78 is 111. The normalized spacial score (nSPS) is 51.5. The molecule has 10 aliphatic heterocycles. The summed E-state index contributed by atoms with van der Waals surface area (Å²) in [6.07, 6.45) is -104. The number of aliphatic hydroxyl groups excluding tert-OH is 30. The van der Waals surface area contributed by atoms with E-state index in [0.29, 0.717) is 0 Å². The first-order chi connectivity index (χ1) is 55.4. The lowest BCUT2D eigenvalue weighted by atomic mass is 9.94. The fourth-order valence-electron chi connectivity index (χ4n) is 15.0. The molecule has 0 saturated carbocycles. The Morgan fingerprint density at radius 3 is 0.855 bits per heavy atom. The Kier molecular flexibility index (Phi) is 34.4. The monoisotopic (exact) mass is 1720 g/mol. The zero-order valence-corrected chi connectivity index (χ0v) is 61.9. The lowest BCUT2D eigenvalue weighted by Gasteiger charge is -2.51. The van der Waals surface area contributed by atoms with Crippen molar-refractivity contribution in [1.82, 2.24) is 10.6 Å². The largest absolute Gasteiger partial charge is 0.394 e. The van der Waals surface area contributed by atoms with E-state index in [1.54, 1.807) is 0 Å². The number of rotatable bonds is 30. The zero-order valence-electron chi connectivity index (χ0n) is 61.9. The number of hydrogen-bond donors (Lipinski definition) is 32. The zero-order chi connectivity index (χ0) is 85.9. The predicted molar refractivity (Wildman–Crippen MR) is 353 cm³/mol. The Morgan fingerprint density at radius 2 is 0.470 bits per heavy atom. The maximum Gasteiger partial charge on any atom is 0.217 e. The van der Waals surface area contributed by atoms with Crippen LogP contribution in [0, 0.1) is 0 Å². The second-order valence-electron chi connectivity index (χ2n) is 29.5. The molecule has 0 aromatic rings. The van der Waals surface area contributed by atoms with Gasteiger partial charge in [0.25, 0.3) is 0 Å². The Bertz CT molecular complexity index is 3050. The molecule has 2 amide bonds. The van der Waals surface area contributed by atoms with Crippen molar-refractivity contribution < 1.29 is 253 Å². The summed E-state index contributed by atoms with van der Waals surface area (Å²) in [4.78, 5) is 25.2. The highest BCUT2D eigenvalue weighted by Crippen LogP contribution is 2.41. The first-order valence-electron chi connectivity index (χ1n) is 37.2. The van der Waals surface area contributed by atoms with E-state index in [2.05, 4.69) is 10.6 Å². The Morgan fingerprint density at radius 1 is 0.222 bits per heavy atom. The molecule has 1 unspecified atom stereocenters. The molecule has 0 aromatic carbocycles. The molecular weight excluding hydrogens is 1610 g/mol. The highest BCUT2D eigenvalue weighted by molar-refractivity contribution is 5.73. The molecule has 0 radical (unpaired) electrons. The summed E-state index contributed by atoms with van der Waals surface area (Å²) in [6.45, 7) is -9.28. The van der Waals surface area contributed by atoms with Gasteiger partial charge in [0.05, 0.1) is 66.1 Å². The van der Waals surface area contributed by atoms with Crippen LogP contribution in [0.4, 0.5) is 0 Å². The van der Waals surface area contributed by atoms with Crippen LogP contribution in [0.3, 0.4) is 0 Å². The quantitative estimate of drug-likeness (QED) is 0.0318. The third kappa shape index (κ3) is 20.7. The minimum Gasteiger partial charge on any atom is -0.394 e. The molecule has 53 nitrogen and oxygen atoms in total. The molecule has 50 atom stereocenters. The van der Waals surface area contributed by atoms with Crippen LogP contribution in [0.2, 0.25) is 0 Å². The van der Waals surface area contributed by atoms with E-state index in [9.17, 15) is 163 Å². The molecule has 0 spiro atoms. The van der Waals surface area contributed by atoms with Crippen LogP contribution in [0.25, 0.3) is 0 Å². The van der Waals surface area contributed by atoms with E-state index < -0.39 is 385 Å². The van der Waals surface area contributed by atoms with Crippen LogP contribution < -0.4 is 10.6 Å². The Hall–Kier alpha value is -3.02. The average Bonchev–Trinajstić information content (AvgIpc) is 0.766. The predicted octanol–water partition coefficient (Wildman–Crippen LogP) is -22.5. The van der Waals surface area contributed by atoms with Crippen LogP contribution in [0.5, 0.6) is 0 Å². The van der Waals surface area contributed by atoms with Crippen molar-refractivity contribution in [3.8, 4) is 0 Å². The van der Waals surface area contributed by atoms with Gasteiger partial charge in [-0.15, -0.1) is 0 Å². The van der Waals surface area contributed by atoms with Crippen LogP contribution in [-0.4, -0.2) is 538 Å². The molecule has 53 heteroatoms. The van der Waals surface area contributed by atoms with Gasteiger partial charge in [0.1, 0.15) is 244 Å². The summed E-state index contributed by atoms with van der Waals surface area (Å²) in [5, 5.41) is 336. The minimum absolute atomic E-state index is 0.805. The average molecular weight is 1720 g/mol. The second-order valence-corrected chi connectivity index (χ2v) is 29.5. The summed E-state index contributed by atoms with van der Waals surface area (Å²) >= 11 is 0. The summed E-state index contributed by atoms with van der Waals surface area (Å²) in [5.41, 5.74) is 0. The lowest BCUT2D eigenvalue weighted by Crippen LogP contribution is -2.70. The van der Waals surface area contributed by atoms with Gasteiger partial charge in [-0.05, 0) is 0 Å². The molecule has 10 rings (SSSR count). The molecule has 680 valence electrons. The first kappa shape index (κ1) is 96.2. The molecule has 10 saturated heterocycles. The van der Waals surface area contributed by atoms with Crippen molar-refractivity contribution in [2.75, 3.05) is 66.1 Å². The van der Waals surface area contributed by atoms with Gasteiger partial charge in [-0.2, -0.15) is 0 Å². The first-order valence-corrected chi connectivity index (χ1v) is 37.2. The highest BCUT2D eigenvalue weighted by atomic mass is 16.8. The summed E-state index contributed by atoms with van der Waals surface area (Å²) in [6, 6.07) is -3.64. The highest BCUT2D eigenvalue weighted by Gasteiger charge is 2.61. The summed E-state index contributed by atoms with van der Waals surface area (Å²) in [5.74, 6) is -1.78. The van der Waals surface area contributed by atoms with E-state index in [1.165, 1.54) is 0 Å². The van der Waals surface area contributed by atoms with Crippen molar-refractivity contribution in [3.63, 3.8) is 0 Å². The number of amides is 2. The minimum atomic E-state index is -2.64. The van der Waals surface area contributed by atoms with Crippen LogP contribution in [0.15, 0.2) is 0 Å². The van der Waals surface area contributed by atoms with Crippen LogP contribution >= 0.6 is 0 Å².